The normalized spacial score (nSPS) is 25.5. The predicted molar refractivity (Wildman–Crippen MR) is 76.2 cm³/mol. The van der Waals surface area contributed by atoms with Crippen LogP contribution in [-0.2, 0) is 13.0 Å². The van der Waals surface area contributed by atoms with Crippen LogP contribution in [0.4, 0.5) is 0 Å². The van der Waals surface area contributed by atoms with Crippen molar-refractivity contribution in [3.8, 4) is 0 Å². The van der Waals surface area contributed by atoms with Gasteiger partial charge in [0.15, 0.2) is 0 Å². The fourth-order valence-electron chi connectivity index (χ4n) is 3.56. The molecule has 19 heavy (non-hydrogen) atoms. The van der Waals surface area contributed by atoms with Gasteiger partial charge in [-0.3, -0.25) is 0 Å². The van der Waals surface area contributed by atoms with Gasteiger partial charge in [0.1, 0.15) is 11.6 Å². The molecule has 0 bridgehead atoms. The first-order valence-corrected chi connectivity index (χ1v) is 7.92. The average Bonchev–Trinajstić information content (AvgIpc) is 2.84. The quantitative estimate of drug-likeness (QED) is 0.839. The van der Waals surface area contributed by atoms with Gasteiger partial charge in [0.25, 0.3) is 0 Å². The maximum Gasteiger partial charge on any atom is 0.135 e. The van der Waals surface area contributed by atoms with Gasteiger partial charge in [0, 0.05) is 18.9 Å². The van der Waals surface area contributed by atoms with Gasteiger partial charge < -0.3 is 9.47 Å². The Hall–Kier alpha value is -0.900. The Balaban J connectivity index is 1.65. The molecule has 1 aromatic rings. The van der Waals surface area contributed by atoms with Gasteiger partial charge in [-0.2, -0.15) is 0 Å². The second-order valence-corrected chi connectivity index (χ2v) is 6.25. The third kappa shape index (κ3) is 2.69. The first-order valence-electron chi connectivity index (χ1n) is 7.92. The van der Waals surface area contributed by atoms with Crippen LogP contribution in [0, 0.1) is 5.92 Å². The average molecular weight is 262 g/mol. The maximum atomic E-state index is 4.48. The van der Waals surface area contributed by atoms with Crippen LogP contribution in [0.5, 0.6) is 0 Å². The van der Waals surface area contributed by atoms with Crippen LogP contribution in [0.1, 0.15) is 57.1 Å². The largest absolute Gasteiger partial charge is 0.315 e. The fourth-order valence-corrected chi connectivity index (χ4v) is 3.56. The molecule has 106 valence electrons. The van der Waals surface area contributed by atoms with Crippen LogP contribution >= 0.6 is 0 Å². The smallest absolute Gasteiger partial charge is 0.135 e. The molecule has 2 aliphatic heterocycles. The molecule has 1 saturated heterocycles. The summed E-state index contributed by atoms with van der Waals surface area (Å²) in [6, 6.07) is 0. The summed E-state index contributed by atoms with van der Waals surface area (Å²) in [4.78, 5) is 2.55. The van der Waals surface area contributed by atoms with Gasteiger partial charge in [-0.25, -0.2) is 0 Å². The van der Waals surface area contributed by atoms with E-state index >= 15 is 0 Å². The number of nitrogens with zero attached hydrogens (tertiary/aromatic N) is 4. The summed E-state index contributed by atoms with van der Waals surface area (Å²) >= 11 is 0. The van der Waals surface area contributed by atoms with E-state index in [0.717, 1.165) is 18.9 Å². The Morgan fingerprint density at radius 3 is 2.63 bits per heavy atom. The topological polar surface area (TPSA) is 34.0 Å². The Kier molecular flexibility index (Phi) is 3.87. The van der Waals surface area contributed by atoms with E-state index in [9.17, 15) is 0 Å². The molecule has 4 heteroatoms. The summed E-state index contributed by atoms with van der Waals surface area (Å²) in [6.07, 6.45) is 6.34. The van der Waals surface area contributed by atoms with Gasteiger partial charge in [-0.15, -0.1) is 10.2 Å². The van der Waals surface area contributed by atoms with E-state index in [2.05, 4.69) is 33.5 Å². The maximum absolute atomic E-state index is 4.48. The molecule has 0 spiro atoms. The number of fused-ring (bicyclic) bond motifs is 1. The minimum Gasteiger partial charge on any atom is -0.315 e. The van der Waals surface area contributed by atoms with Crippen LogP contribution in [0.25, 0.3) is 0 Å². The predicted octanol–water partition coefficient (Wildman–Crippen LogP) is 2.45. The molecule has 0 amide bonds. The minimum atomic E-state index is 0.594. The van der Waals surface area contributed by atoms with Crippen molar-refractivity contribution < 1.29 is 0 Å². The van der Waals surface area contributed by atoms with Crippen LogP contribution in [0.15, 0.2) is 0 Å². The highest BCUT2D eigenvalue weighted by Crippen LogP contribution is 2.28. The molecule has 2 aliphatic rings. The van der Waals surface area contributed by atoms with Crippen molar-refractivity contribution in [3.63, 3.8) is 0 Å². The number of aromatic nitrogens is 3. The number of hydrogen-bond donors (Lipinski definition) is 0. The molecule has 1 fully saturated rings. The molecule has 3 heterocycles. The molecule has 1 atom stereocenters. The van der Waals surface area contributed by atoms with Gasteiger partial charge in [0.05, 0.1) is 0 Å². The van der Waals surface area contributed by atoms with Crippen LogP contribution in [-0.4, -0.2) is 39.3 Å². The number of piperidine rings is 1. The lowest BCUT2D eigenvalue weighted by Crippen LogP contribution is -2.34. The Labute approximate surface area is 116 Å². The van der Waals surface area contributed by atoms with Crippen LogP contribution < -0.4 is 0 Å². The molecule has 1 aromatic heterocycles. The lowest BCUT2D eigenvalue weighted by atomic mass is 9.93. The molecule has 0 saturated carbocycles. The number of likely N-dealkylation sites (tertiary alicyclic amines) is 1. The molecule has 3 rings (SSSR count). The zero-order chi connectivity index (χ0) is 13.2. The SMILES string of the molecule is CCN1CCC(Cc2nnc3n2CCCC3C)CC1. The summed E-state index contributed by atoms with van der Waals surface area (Å²) in [5.41, 5.74) is 0. The van der Waals surface area contributed by atoms with Crippen LogP contribution in [0.2, 0.25) is 0 Å². The lowest BCUT2D eigenvalue weighted by molar-refractivity contribution is 0.190. The first kappa shape index (κ1) is 13.1. The van der Waals surface area contributed by atoms with Gasteiger partial charge in [-0.1, -0.05) is 13.8 Å². The van der Waals surface area contributed by atoms with E-state index in [4.69, 9.17) is 0 Å². The zero-order valence-electron chi connectivity index (χ0n) is 12.3. The molecular formula is C15H26N4. The van der Waals surface area contributed by atoms with E-state index in [1.54, 1.807) is 0 Å². The summed E-state index contributed by atoms with van der Waals surface area (Å²) in [5.74, 6) is 3.88. The third-order valence-corrected chi connectivity index (χ3v) is 4.94. The molecular weight excluding hydrogens is 236 g/mol. The van der Waals surface area contributed by atoms with Crippen molar-refractivity contribution in [2.75, 3.05) is 19.6 Å². The second-order valence-electron chi connectivity index (χ2n) is 6.25. The van der Waals surface area contributed by atoms with Crippen molar-refractivity contribution in [1.82, 2.24) is 19.7 Å². The van der Waals surface area contributed by atoms with Crippen molar-refractivity contribution in [1.29, 1.82) is 0 Å². The molecule has 1 unspecified atom stereocenters. The number of rotatable bonds is 3. The second kappa shape index (κ2) is 5.61. The molecule has 4 nitrogen and oxygen atoms in total. The van der Waals surface area contributed by atoms with Gasteiger partial charge in [0.2, 0.25) is 0 Å². The highest BCUT2D eigenvalue weighted by molar-refractivity contribution is 5.04. The standard InChI is InChI=1S/C15H26N4/c1-3-18-9-6-13(7-10-18)11-14-16-17-15-12(2)5-4-8-19(14)15/h12-13H,3-11H2,1-2H3. The molecule has 0 radical (unpaired) electrons. The summed E-state index contributed by atoms with van der Waals surface area (Å²) in [5, 5.41) is 8.92. The van der Waals surface area contributed by atoms with Gasteiger partial charge in [-0.05, 0) is 51.2 Å². The molecule has 0 N–H and O–H groups in total. The van der Waals surface area contributed by atoms with Crippen molar-refractivity contribution in [2.24, 2.45) is 5.92 Å². The summed E-state index contributed by atoms with van der Waals surface area (Å²) in [7, 11) is 0. The fraction of sp³-hybridized carbons (Fsp3) is 0.867. The number of hydrogen-bond acceptors (Lipinski definition) is 3. The van der Waals surface area contributed by atoms with Crippen molar-refractivity contribution in [2.45, 2.75) is 58.4 Å². The highest BCUT2D eigenvalue weighted by Gasteiger charge is 2.25. The lowest BCUT2D eigenvalue weighted by Gasteiger charge is -2.31. The molecule has 0 aromatic carbocycles. The Bertz CT molecular complexity index is 418. The Morgan fingerprint density at radius 2 is 1.89 bits per heavy atom. The zero-order valence-corrected chi connectivity index (χ0v) is 12.3. The van der Waals surface area contributed by atoms with Crippen molar-refractivity contribution >= 4 is 0 Å². The van der Waals surface area contributed by atoms with E-state index in [1.165, 1.54) is 57.0 Å². The van der Waals surface area contributed by atoms with E-state index < -0.39 is 0 Å². The highest BCUT2D eigenvalue weighted by atomic mass is 15.3. The summed E-state index contributed by atoms with van der Waals surface area (Å²) in [6.45, 7) is 9.40. The van der Waals surface area contributed by atoms with E-state index in [-0.39, 0.29) is 0 Å². The van der Waals surface area contributed by atoms with E-state index in [1.807, 2.05) is 0 Å². The Morgan fingerprint density at radius 1 is 1.11 bits per heavy atom. The van der Waals surface area contributed by atoms with E-state index in [0.29, 0.717) is 5.92 Å². The van der Waals surface area contributed by atoms with Crippen molar-refractivity contribution in [3.05, 3.63) is 11.6 Å². The first-order chi connectivity index (χ1) is 9.28. The summed E-state index contributed by atoms with van der Waals surface area (Å²) < 4.78 is 2.40. The monoisotopic (exact) mass is 262 g/mol. The van der Waals surface area contributed by atoms with Crippen LogP contribution in [0.3, 0.4) is 0 Å². The minimum absolute atomic E-state index is 0.594. The third-order valence-electron chi connectivity index (χ3n) is 4.94. The molecule has 0 aliphatic carbocycles. The van der Waals surface area contributed by atoms with Gasteiger partial charge >= 0.3 is 0 Å².